The van der Waals surface area contributed by atoms with Gasteiger partial charge in [0.05, 0.1) is 18.2 Å². The molecule has 0 radical (unpaired) electrons. The molecule has 0 spiro atoms. The fourth-order valence-electron chi connectivity index (χ4n) is 2.64. The largest absolute Gasteiger partial charge is 0.466 e. The molecule has 0 saturated heterocycles. The molecule has 6 nitrogen and oxygen atoms in total. The number of hydrogen-bond donors (Lipinski definition) is 3. The van der Waals surface area contributed by atoms with Gasteiger partial charge in [0, 0.05) is 6.04 Å². The molecule has 2 amide bonds. The second-order valence-electron chi connectivity index (χ2n) is 6.14. The summed E-state index contributed by atoms with van der Waals surface area (Å²) in [6.45, 7) is 5.15. The summed E-state index contributed by atoms with van der Waals surface area (Å²) in [5.74, 6) is 0.519. The SMILES string of the molecule is Cc1cc(C(=O)NCC(=O)NC(C)CC(O)c2ccccc2)c(C)o1. The average molecular weight is 344 g/mol. The minimum absolute atomic E-state index is 0.131. The van der Waals surface area contributed by atoms with Gasteiger partial charge in [0.2, 0.25) is 5.91 Å². The number of carbonyl (C=O) groups is 2. The minimum atomic E-state index is -0.650. The van der Waals surface area contributed by atoms with Gasteiger partial charge in [-0.05, 0) is 38.8 Å². The monoisotopic (exact) mass is 344 g/mol. The Hall–Kier alpha value is -2.60. The van der Waals surface area contributed by atoms with E-state index in [0.29, 0.717) is 23.5 Å². The van der Waals surface area contributed by atoms with Crippen molar-refractivity contribution >= 4 is 11.8 Å². The molecule has 25 heavy (non-hydrogen) atoms. The van der Waals surface area contributed by atoms with E-state index in [4.69, 9.17) is 4.42 Å². The predicted octanol–water partition coefficient (Wildman–Crippen LogP) is 2.25. The van der Waals surface area contributed by atoms with E-state index in [9.17, 15) is 14.7 Å². The van der Waals surface area contributed by atoms with Crippen LogP contribution in [-0.2, 0) is 4.79 Å². The van der Waals surface area contributed by atoms with E-state index in [0.717, 1.165) is 5.56 Å². The molecular formula is C19H24N2O4. The van der Waals surface area contributed by atoms with Gasteiger partial charge in [0.25, 0.3) is 5.91 Å². The van der Waals surface area contributed by atoms with Crippen LogP contribution in [0.2, 0.25) is 0 Å². The highest BCUT2D eigenvalue weighted by Gasteiger charge is 2.17. The molecule has 1 aromatic heterocycles. The first-order chi connectivity index (χ1) is 11.9. The first-order valence-electron chi connectivity index (χ1n) is 8.24. The summed E-state index contributed by atoms with van der Waals surface area (Å²) >= 11 is 0. The highest BCUT2D eigenvalue weighted by Crippen LogP contribution is 2.17. The molecule has 6 heteroatoms. The highest BCUT2D eigenvalue weighted by molar-refractivity contribution is 5.97. The molecule has 0 aliphatic heterocycles. The second-order valence-corrected chi connectivity index (χ2v) is 6.14. The van der Waals surface area contributed by atoms with Crippen LogP contribution in [0.4, 0.5) is 0 Å². The van der Waals surface area contributed by atoms with Crippen LogP contribution >= 0.6 is 0 Å². The van der Waals surface area contributed by atoms with Gasteiger partial charge in [-0.2, -0.15) is 0 Å². The normalized spacial score (nSPS) is 13.1. The molecule has 0 bridgehead atoms. The Balaban J connectivity index is 1.77. The van der Waals surface area contributed by atoms with Crippen LogP contribution in [0.15, 0.2) is 40.8 Å². The van der Waals surface area contributed by atoms with Crippen molar-refractivity contribution in [3.05, 3.63) is 59.0 Å². The lowest BCUT2D eigenvalue weighted by atomic mass is 10.0. The molecule has 0 aliphatic rings. The number of benzene rings is 1. The number of hydrogen-bond acceptors (Lipinski definition) is 4. The maximum Gasteiger partial charge on any atom is 0.255 e. The van der Waals surface area contributed by atoms with E-state index in [1.54, 1.807) is 19.9 Å². The van der Waals surface area contributed by atoms with E-state index in [2.05, 4.69) is 10.6 Å². The molecule has 3 N–H and O–H groups in total. The summed E-state index contributed by atoms with van der Waals surface area (Å²) in [6, 6.07) is 10.7. The number of aliphatic hydroxyl groups excluding tert-OH is 1. The third-order valence-corrected chi connectivity index (χ3v) is 3.86. The van der Waals surface area contributed by atoms with Crippen LogP contribution in [0.5, 0.6) is 0 Å². The van der Waals surface area contributed by atoms with Crippen molar-refractivity contribution in [1.29, 1.82) is 0 Å². The van der Waals surface area contributed by atoms with Gasteiger partial charge in [-0.15, -0.1) is 0 Å². The molecule has 134 valence electrons. The number of nitrogens with one attached hydrogen (secondary N) is 2. The molecule has 2 atom stereocenters. The third-order valence-electron chi connectivity index (χ3n) is 3.86. The maximum atomic E-state index is 12.0. The standard InChI is InChI=1S/C19H24N2O4/c1-12(9-17(22)15-7-5-4-6-8-15)21-18(23)11-20-19(24)16-10-13(2)25-14(16)3/h4-8,10,12,17,22H,9,11H2,1-3H3,(H,20,24)(H,21,23). The Morgan fingerprint density at radius 1 is 1.20 bits per heavy atom. The number of aryl methyl sites for hydroxylation is 2. The van der Waals surface area contributed by atoms with Crippen molar-refractivity contribution in [1.82, 2.24) is 10.6 Å². The van der Waals surface area contributed by atoms with Gasteiger partial charge in [-0.3, -0.25) is 9.59 Å². The summed E-state index contributed by atoms with van der Waals surface area (Å²) < 4.78 is 5.30. The molecule has 0 saturated carbocycles. The van der Waals surface area contributed by atoms with Crippen molar-refractivity contribution in [2.45, 2.75) is 39.3 Å². The quantitative estimate of drug-likeness (QED) is 0.718. The zero-order valence-corrected chi connectivity index (χ0v) is 14.7. The number of amides is 2. The van der Waals surface area contributed by atoms with Crippen molar-refractivity contribution in [2.24, 2.45) is 0 Å². The van der Waals surface area contributed by atoms with Gasteiger partial charge in [-0.25, -0.2) is 0 Å². The van der Waals surface area contributed by atoms with Gasteiger partial charge in [0.15, 0.2) is 0 Å². The topological polar surface area (TPSA) is 91.6 Å². The lowest BCUT2D eigenvalue weighted by Gasteiger charge is -2.18. The van der Waals surface area contributed by atoms with Crippen LogP contribution in [0, 0.1) is 13.8 Å². The van der Waals surface area contributed by atoms with E-state index in [1.807, 2.05) is 37.3 Å². The number of furan rings is 1. The number of aliphatic hydroxyl groups is 1. The van der Waals surface area contributed by atoms with E-state index < -0.39 is 6.10 Å². The molecule has 0 aliphatic carbocycles. The molecule has 0 fully saturated rings. The molecule has 2 rings (SSSR count). The number of carbonyl (C=O) groups excluding carboxylic acids is 2. The Bertz CT molecular complexity index is 724. The summed E-state index contributed by atoms with van der Waals surface area (Å²) in [5.41, 5.74) is 1.24. The first-order valence-corrected chi connectivity index (χ1v) is 8.24. The Morgan fingerprint density at radius 3 is 2.48 bits per heavy atom. The van der Waals surface area contributed by atoms with Gasteiger partial charge < -0.3 is 20.2 Å². The molecule has 1 heterocycles. The Morgan fingerprint density at radius 2 is 1.88 bits per heavy atom. The second kappa shape index (κ2) is 8.48. The molecular weight excluding hydrogens is 320 g/mol. The average Bonchev–Trinajstić information content (AvgIpc) is 2.91. The summed E-state index contributed by atoms with van der Waals surface area (Å²) in [4.78, 5) is 24.0. The van der Waals surface area contributed by atoms with Crippen LogP contribution < -0.4 is 10.6 Å². The van der Waals surface area contributed by atoms with E-state index in [1.165, 1.54) is 0 Å². The van der Waals surface area contributed by atoms with Crippen LogP contribution in [0.1, 0.15) is 46.9 Å². The smallest absolute Gasteiger partial charge is 0.255 e. The molecule has 2 unspecified atom stereocenters. The van der Waals surface area contributed by atoms with Gasteiger partial charge >= 0.3 is 0 Å². The van der Waals surface area contributed by atoms with Crippen molar-refractivity contribution in [3.63, 3.8) is 0 Å². The summed E-state index contributed by atoms with van der Waals surface area (Å²) in [5, 5.41) is 15.5. The van der Waals surface area contributed by atoms with Gasteiger partial charge in [0.1, 0.15) is 11.5 Å². The fraction of sp³-hybridized carbons (Fsp3) is 0.368. The van der Waals surface area contributed by atoms with Crippen molar-refractivity contribution < 1.29 is 19.1 Å². The minimum Gasteiger partial charge on any atom is -0.466 e. The van der Waals surface area contributed by atoms with Crippen molar-refractivity contribution in [3.8, 4) is 0 Å². The van der Waals surface area contributed by atoms with E-state index >= 15 is 0 Å². The zero-order chi connectivity index (χ0) is 18.4. The fourth-order valence-corrected chi connectivity index (χ4v) is 2.64. The summed E-state index contributed by atoms with van der Waals surface area (Å²) in [7, 11) is 0. The van der Waals surface area contributed by atoms with Crippen LogP contribution in [0.25, 0.3) is 0 Å². The molecule has 2 aromatic rings. The Kier molecular flexibility index (Phi) is 6.36. The molecule has 1 aromatic carbocycles. The van der Waals surface area contributed by atoms with E-state index in [-0.39, 0.29) is 24.4 Å². The Labute approximate surface area is 147 Å². The lowest BCUT2D eigenvalue weighted by Crippen LogP contribution is -2.41. The number of rotatable bonds is 7. The van der Waals surface area contributed by atoms with Crippen LogP contribution in [0.3, 0.4) is 0 Å². The first kappa shape index (κ1) is 18.7. The summed E-state index contributed by atoms with van der Waals surface area (Å²) in [6.07, 6.45) is -0.258. The predicted molar refractivity (Wildman–Crippen MR) is 94.1 cm³/mol. The van der Waals surface area contributed by atoms with Crippen LogP contribution in [-0.4, -0.2) is 29.5 Å². The zero-order valence-electron chi connectivity index (χ0n) is 14.7. The van der Waals surface area contributed by atoms with Gasteiger partial charge in [-0.1, -0.05) is 30.3 Å². The van der Waals surface area contributed by atoms with Crippen molar-refractivity contribution in [2.75, 3.05) is 6.54 Å². The maximum absolute atomic E-state index is 12.0. The lowest BCUT2D eigenvalue weighted by molar-refractivity contribution is -0.120. The third kappa shape index (κ3) is 5.46. The highest BCUT2D eigenvalue weighted by atomic mass is 16.3.